The van der Waals surface area contributed by atoms with Crippen LogP contribution in [0.5, 0.6) is 0 Å². The summed E-state index contributed by atoms with van der Waals surface area (Å²) in [5.41, 5.74) is 3.88. The van der Waals surface area contributed by atoms with E-state index in [-0.39, 0.29) is 0 Å². The fraction of sp³-hybridized carbons (Fsp3) is 0.471. The molecule has 3 rings (SSSR count). The van der Waals surface area contributed by atoms with Crippen molar-refractivity contribution in [3.05, 3.63) is 42.1 Å². The number of nitrogens with zero attached hydrogens (tertiary/aromatic N) is 2. The molecule has 0 saturated heterocycles. The van der Waals surface area contributed by atoms with Gasteiger partial charge in [-0.2, -0.15) is 5.10 Å². The van der Waals surface area contributed by atoms with Gasteiger partial charge in [-0.15, -0.1) is 0 Å². The van der Waals surface area contributed by atoms with Crippen LogP contribution in [0.15, 0.2) is 36.5 Å². The Kier molecular flexibility index (Phi) is 4.16. The van der Waals surface area contributed by atoms with Gasteiger partial charge in [0.25, 0.3) is 0 Å². The third-order valence-corrected chi connectivity index (χ3v) is 3.84. The Balaban J connectivity index is 1.86. The highest BCUT2D eigenvalue weighted by Gasteiger charge is 2.21. The molecule has 0 amide bonds. The number of hydrogen-bond acceptors (Lipinski definition) is 2. The van der Waals surface area contributed by atoms with Crippen LogP contribution in [0.1, 0.15) is 38.2 Å². The molecule has 2 aromatic rings. The lowest BCUT2D eigenvalue weighted by Crippen LogP contribution is -2.15. The molecule has 0 unspecified atom stereocenters. The van der Waals surface area contributed by atoms with Crippen molar-refractivity contribution in [1.29, 1.82) is 0 Å². The minimum atomic E-state index is 0.734. The highest BCUT2D eigenvalue weighted by molar-refractivity contribution is 5.63. The largest absolute Gasteiger partial charge is 0.310 e. The van der Waals surface area contributed by atoms with Crippen LogP contribution in [0.25, 0.3) is 11.3 Å². The molecule has 1 fully saturated rings. The number of benzene rings is 1. The van der Waals surface area contributed by atoms with Crippen molar-refractivity contribution in [3.8, 4) is 11.3 Å². The summed E-state index contributed by atoms with van der Waals surface area (Å²) < 4.78 is 2.17. The lowest BCUT2D eigenvalue weighted by Gasteiger charge is -2.10. The van der Waals surface area contributed by atoms with Gasteiger partial charge in [-0.1, -0.05) is 43.7 Å². The lowest BCUT2D eigenvalue weighted by atomic mass is 10.1. The van der Waals surface area contributed by atoms with E-state index in [4.69, 9.17) is 0 Å². The first kappa shape index (κ1) is 13.4. The molecule has 1 aromatic heterocycles. The molecule has 1 saturated carbocycles. The van der Waals surface area contributed by atoms with Crippen LogP contribution in [0.4, 0.5) is 0 Å². The first-order valence-corrected chi connectivity index (χ1v) is 7.72. The Morgan fingerprint density at radius 3 is 2.75 bits per heavy atom. The maximum Gasteiger partial charge on any atom is 0.0727 e. The molecule has 3 heteroatoms. The minimum Gasteiger partial charge on any atom is -0.310 e. The fourth-order valence-electron chi connectivity index (χ4n) is 2.50. The predicted octanol–water partition coefficient (Wildman–Crippen LogP) is 3.60. The van der Waals surface area contributed by atoms with Gasteiger partial charge in [0.15, 0.2) is 0 Å². The van der Waals surface area contributed by atoms with E-state index in [1.54, 1.807) is 0 Å². The van der Waals surface area contributed by atoms with Crippen LogP contribution >= 0.6 is 0 Å². The van der Waals surface area contributed by atoms with E-state index < -0.39 is 0 Å². The Morgan fingerprint density at radius 1 is 1.25 bits per heavy atom. The maximum atomic E-state index is 4.61. The van der Waals surface area contributed by atoms with Crippen molar-refractivity contribution >= 4 is 0 Å². The van der Waals surface area contributed by atoms with Gasteiger partial charge in [0.05, 0.1) is 11.9 Å². The number of nitrogens with one attached hydrogen (secondary N) is 1. The standard InChI is InChI=1S/C17H23N3/c1-2-3-11-20-17(14-7-5-4-6-8-14)15(13-19-20)12-18-16-9-10-16/h4-8,13,16,18H,2-3,9-12H2,1H3. The molecular formula is C17H23N3. The van der Waals surface area contributed by atoms with Crippen LogP contribution < -0.4 is 5.32 Å². The summed E-state index contributed by atoms with van der Waals surface area (Å²) in [5, 5.41) is 8.20. The molecule has 0 bridgehead atoms. The van der Waals surface area contributed by atoms with E-state index in [9.17, 15) is 0 Å². The second-order valence-corrected chi connectivity index (χ2v) is 5.62. The highest BCUT2D eigenvalue weighted by atomic mass is 15.3. The normalized spacial score (nSPS) is 14.7. The van der Waals surface area contributed by atoms with Crippen molar-refractivity contribution in [3.63, 3.8) is 0 Å². The number of rotatable bonds is 7. The SMILES string of the molecule is CCCCn1ncc(CNC2CC2)c1-c1ccccc1. The molecular weight excluding hydrogens is 246 g/mol. The monoisotopic (exact) mass is 269 g/mol. The maximum absolute atomic E-state index is 4.61. The predicted molar refractivity (Wildman–Crippen MR) is 82.4 cm³/mol. The van der Waals surface area contributed by atoms with Gasteiger partial charge >= 0.3 is 0 Å². The Morgan fingerprint density at radius 2 is 2.05 bits per heavy atom. The molecule has 0 spiro atoms. The molecule has 1 aromatic carbocycles. The lowest BCUT2D eigenvalue weighted by molar-refractivity contribution is 0.576. The Bertz CT molecular complexity index is 541. The summed E-state index contributed by atoms with van der Waals surface area (Å²) in [6.07, 6.45) is 7.06. The van der Waals surface area contributed by atoms with Crippen molar-refractivity contribution in [1.82, 2.24) is 15.1 Å². The summed E-state index contributed by atoms with van der Waals surface area (Å²) in [6.45, 7) is 4.16. The Labute approximate surface area is 121 Å². The average molecular weight is 269 g/mol. The zero-order valence-electron chi connectivity index (χ0n) is 12.2. The minimum absolute atomic E-state index is 0.734. The highest BCUT2D eigenvalue weighted by Crippen LogP contribution is 2.26. The topological polar surface area (TPSA) is 29.9 Å². The van der Waals surface area contributed by atoms with Crippen molar-refractivity contribution in [2.45, 2.75) is 51.7 Å². The van der Waals surface area contributed by atoms with Gasteiger partial charge < -0.3 is 5.32 Å². The molecule has 20 heavy (non-hydrogen) atoms. The van der Waals surface area contributed by atoms with Crippen molar-refractivity contribution in [2.24, 2.45) is 0 Å². The first-order chi connectivity index (χ1) is 9.88. The molecule has 1 N–H and O–H groups in total. The van der Waals surface area contributed by atoms with E-state index in [0.29, 0.717) is 0 Å². The number of unbranched alkanes of at least 4 members (excludes halogenated alkanes) is 1. The van der Waals surface area contributed by atoms with Crippen molar-refractivity contribution in [2.75, 3.05) is 0 Å². The second-order valence-electron chi connectivity index (χ2n) is 5.62. The summed E-state index contributed by atoms with van der Waals surface area (Å²) in [7, 11) is 0. The van der Waals surface area contributed by atoms with Gasteiger partial charge in [0.1, 0.15) is 0 Å². The molecule has 106 valence electrons. The average Bonchev–Trinajstić information content (AvgIpc) is 3.23. The molecule has 0 atom stereocenters. The molecule has 1 aliphatic rings. The fourth-order valence-corrected chi connectivity index (χ4v) is 2.50. The summed E-state index contributed by atoms with van der Waals surface area (Å²) in [5.74, 6) is 0. The smallest absolute Gasteiger partial charge is 0.0727 e. The van der Waals surface area contributed by atoms with Crippen molar-refractivity contribution < 1.29 is 0 Å². The summed E-state index contributed by atoms with van der Waals surface area (Å²) in [6, 6.07) is 11.4. The van der Waals surface area contributed by atoms with Gasteiger partial charge in [-0.05, 0) is 19.3 Å². The molecule has 1 aliphatic carbocycles. The molecule has 1 heterocycles. The molecule has 0 aliphatic heterocycles. The quantitative estimate of drug-likeness (QED) is 0.832. The van der Waals surface area contributed by atoms with Crippen LogP contribution in [0.3, 0.4) is 0 Å². The van der Waals surface area contributed by atoms with E-state index in [0.717, 1.165) is 19.1 Å². The zero-order chi connectivity index (χ0) is 13.8. The van der Waals surface area contributed by atoms with E-state index >= 15 is 0 Å². The number of aromatic nitrogens is 2. The Hall–Kier alpha value is -1.61. The number of aryl methyl sites for hydroxylation is 1. The van der Waals surface area contributed by atoms with E-state index in [1.807, 2.05) is 6.20 Å². The van der Waals surface area contributed by atoms with Crippen LogP contribution in [0, 0.1) is 0 Å². The van der Waals surface area contributed by atoms with Gasteiger partial charge in [0.2, 0.25) is 0 Å². The van der Waals surface area contributed by atoms with E-state index in [2.05, 4.69) is 52.4 Å². The molecule has 0 radical (unpaired) electrons. The van der Waals surface area contributed by atoms with E-state index in [1.165, 1.54) is 42.5 Å². The third-order valence-electron chi connectivity index (χ3n) is 3.84. The molecule has 3 nitrogen and oxygen atoms in total. The van der Waals surface area contributed by atoms with Crippen LogP contribution in [0.2, 0.25) is 0 Å². The third kappa shape index (κ3) is 3.10. The van der Waals surface area contributed by atoms with Gasteiger partial charge in [-0.3, -0.25) is 4.68 Å². The summed E-state index contributed by atoms with van der Waals surface area (Å²) >= 11 is 0. The first-order valence-electron chi connectivity index (χ1n) is 7.72. The van der Waals surface area contributed by atoms with Gasteiger partial charge in [0, 0.05) is 30.3 Å². The van der Waals surface area contributed by atoms with Crippen LogP contribution in [-0.4, -0.2) is 15.8 Å². The van der Waals surface area contributed by atoms with Crippen LogP contribution in [-0.2, 0) is 13.1 Å². The zero-order valence-corrected chi connectivity index (χ0v) is 12.2. The van der Waals surface area contributed by atoms with Gasteiger partial charge in [-0.25, -0.2) is 0 Å². The summed E-state index contributed by atoms with van der Waals surface area (Å²) in [4.78, 5) is 0. The second kappa shape index (κ2) is 6.23. The number of hydrogen-bond donors (Lipinski definition) is 1.